The number of halogens is 1. The van der Waals surface area contributed by atoms with Gasteiger partial charge in [0.1, 0.15) is 10.4 Å². The average molecular weight is 346 g/mol. The number of aliphatic carboxylic acids is 1. The van der Waals surface area contributed by atoms with Crippen LogP contribution in [0.25, 0.3) is 0 Å². The van der Waals surface area contributed by atoms with Gasteiger partial charge in [0.2, 0.25) is 0 Å². The predicted molar refractivity (Wildman–Crippen MR) is 77.5 cm³/mol. The van der Waals surface area contributed by atoms with Crippen molar-refractivity contribution in [1.82, 2.24) is 5.32 Å². The molecule has 2 rings (SSSR count). The van der Waals surface area contributed by atoms with Crippen LogP contribution in [0.4, 0.5) is 0 Å². The number of rotatable bonds is 3. The van der Waals surface area contributed by atoms with Crippen molar-refractivity contribution in [3.8, 4) is 0 Å². The molecule has 0 spiro atoms. The fourth-order valence-corrected chi connectivity index (χ4v) is 3.82. The molecule has 1 fully saturated rings. The minimum Gasteiger partial charge on any atom is -0.480 e. The van der Waals surface area contributed by atoms with Gasteiger partial charge < -0.3 is 10.4 Å². The molecule has 4 nitrogen and oxygen atoms in total. The van der Waals surface area contributed by atoms with Gasteiger partial charge in [-0.05, 0) is 59.0 Å². The molecule has 104 valence electrons. The summed E-state index contributed by atoms with van der Waals surface area (Å²) in [4.78, 5) is 24.3. The summed E-state index contributed by atoms with van der Waals surface area (Å²) < 4.78 is 0.708. The molecule has 19 heavy (non-hydrogen) atoms. The van der Waals surface area contributed by atoms with Gasteiger partial charge in [0, 0.05) is 4.47 Å². The van der Waals surface area contributed by atoms with E-state index in [0.717, 1.165) is 12.8 Å². The zero-order chi connectivity index (χ0) is 14.0. The Labute approximate surface area is 124 Å². The summed E-state index contributed by atoms with van der Waals surface area (Å²) in [6.45, 7) is 2.11. The Bertz CT molecular complexity index is 492. The highest BCUT2D eigenvalue weighted by Gasteiger charge is 2.42. The highest BCUT2D eigenvalue weighted by Crippen LogP contribution is 2.33. The first-order valence-electron chi connectivity index (χ1n) is 6.23. The number of carboxylic acid groups (broad SMARTS) is 1. The molecule has 1 aromatic rings. The van der Waals surface area contributed by atoms with Gasteiger partial charge in [-0.1, -0.05) is 6.92 Å². The smallest absolute Gasteiger partial charge is 0.329 e. The molecule has 0 aliphatic heterocycles. The maximum absolute atomic E-state index is 12.2. The number of hydrogen-bond acceptors (Lipinski definition) is 3. The van der Waals surface area contributed by atoms with Crippen molar-refractivity contribution in [2.45, 2.75) is 38.1 Å². The summed E-state index contributed by atoms with van der Waals surface area (Å²) in [6, 6.07) is 1.79. The number of carbonyl (C=O) groups is 2. The van der Waals surface area contributed by atoms with Crippen molar-refractivity contribution in [3.63, 3.8) is 0 Å². The Morgan fingerprint density at radius 2 is 2.11 bits per heavy atom. The van der Waals surface area contributed by atoms with Crippen LogP contribution in [-0.2, 0) is 4.79 Å². The van der Waals surface area contributed by atoms with Crippen LogP contribution in [-0.4, -0.2) is 22.5 Å². The van der Waals surface area contributed by atoms with E-state index in [1.54, 1.807) is 11.4 Å². The lowest BCUT2D eigenvalue weighted by molar-refractivity contribution is -0.146. The molecule has 0 aromatic carbocycles. The van der Waals surface area contributed by atoms with Crippen LogP contribution in [0, 0.1) is 5.92 Å². The standard InChI is InChI=1S/C13H16BrNO3S/c1-8-2-5-13(6-3-8,12(17)18)15-11(16)10-9(14)4-7-19-10/h4,7-8H,2-3,5-6H2,1H3,(H,15,16)(H,17,18). The zero-order valence-corrected chi connectivity index (χ0v) is 13.0. The van der Waals surface area contributed by atoms with E-state index in [0.29, 0.717) is 28.1 Å². The Balaban J connectivity index is 2.16. The summed E-state index contributed by atoms with van der Waals surface area (Å²) in [7, 11) is 0. The molecule has 1 aromatic heterocycles. The van der Waals surface area contributed by atoms with Crippen LogP contribution in [0.2, 0.25) is 0 Å². The average Bonchev–Trinajstić information content (AvgIpc) is 2.78. The van der Waals surface area contributed by atoms with Gasteiger partial charge in [-0.25, -0.2) is 4.79 Å². The van der Waals surface area contributed by atoms with E-state index in [1.807, 2.05) is 0 Å². The van der Waals surface area contributed by atoms with Gasteiger partial charge in [0.15, 0.2) is 0 Å². The number of nitrogens with one attached hydrogen (secondary N) is 1. The van der Waals surface area contributed by atoms with Crippen molar-refractivity contribution < 1.29 is 14.7 Å². The van der Waals surface area contributed by atoms with Crippen LogP contribution in [0.5, 0.6) is 0 Å². The second-order valence-electron chi connectivity index (χ2n) is 5.12. The van der Waals surface area contributed by atoms with Gasteiger partial charge in [-0.2, -0.15) is 0 Å². The van der Waals surface area contributed by atoms with Crippen molar-refractivity contribution in [1.29, 1.82) is 0 Å². The third-order valence-corrected chi connectivity index (χ3v) is 5.55. The second-order valence-corrected chi connectivity index (χ2v) is 6.89. The summed E-state index contributed by atoms with van der Waals surface area (Å²) >= 11 is 4.60. The second kappa shape index (κ2) is 5.63. The molecule has 6 heteroatoms. The summed E-state index contributed by atoms with van der Waals surface area (Å²) in [5.74, 6) is -0.711. The fraction of sp³-hybridized carbons (Fsp3) is 0.538. The minimum absolute atomic E-state index is 0.307. The lowest BCUT2D eigenvalue weighted by atomic mass is 9.77. The molecule has 1 heterocycles. The maximum atomic E-state index is 12.2. The molecule has 0 unspecified atom stereocenters. The maximum Gasteiger partial charge on any atom is 0.329 e. The molecule has 1 aliphatic carbocycles. The third kappa shape index (κ3) is 3.00. The lowest BCUT2D eigenvalue weighted by Crippen LogP contribution is -2.56. The quantitative estimate of drug-likeness (QED) is 0.883. The number of thiophene rings is 1. The molecule has 1 aliphatic rings. The van der Waals surface area contributed by atoms with Crippen molar-refractivity contribution >= 4 is 39.1 Å². The van der Waals surface area contributed by atoms with Crippen LogP contribution < -0.4 is 5.32 Å². The van der Waals surface area contributed by atoms with Crippen molar-refractivity contribution in [2.75, 3.05) is 0 Å². The fourth-order valence-electron chi connectivity index (χ4n) is 2.38. The Morgan fingerprint density at radius 3 is 2.58 bits per heavy atom. The highest BCUT2D eigenvalue weighted by molar-refractivity contribution is 9.10. The molecular weight excluding hydrogens is 330 g/mol. The third-order valence-electron chi connectivity index (χ3n) is 3.71. The lowest BCUT2D eigenvalue weighted by Gasteiger charge is -2.36. The topological polar surface area (TPSA) is 66.4 Å². The van der Waals surface area contributed by atoms with E-state index >= 15 is 0 Å². The first-order valence-corrected chi connectivity index (χ1v) is 7.91. The van der Waals surface area contributed by atoms with Gasteiger partial charge in [0.25, 0.3) is 5.91 Å². The van der Waals surface area contributed by atoms with E-state index in [1.165, 1.54) is 11.3 Å². The van der Waals surface area contributed by atoms with Crippen molar-refractivity contribution in [2.24, 2.45) is 5.92 Å². The molecule has 0 bridgehead atoms. The summed E-state index contributed by atoms with van der Waals surface area (Å²) in [5.41, 5.74) is -1.10. The molecule has 2 N–H and O–H groups in total. The molecule has 0 radical (unpaired) electrons. The monoisotopic (exact) mass is 345 g/mol. The Kier molecular flexibility index (Phi) is 4.30. The normalized spacial score (nSPS) is 26.9. The van der Waals surface area contributed by atoms with Crippen LogP contribution >= 0.6 is 27.3 Å². The highest BCUT2D eigenvalue weighted by atomic mass is 79.9. The van der Waals surface area contributed by atoms with Gasteiger partial charge in [-0.15, -0.1) is 11.3 Å². The van der Waals surface area contributed by atoms with E-state index < -0.39 is 11.5 Å². The Hall–Kier alpha value is -0.880. The first kappa shape index (κ1) is 14.5. The van der Waals surface area contributed by atoms with Crippen LogP contribution in [0.1, 0.15) is 42.3 Å². The van der Waals surface area contributed by atoms with E-state index in [2.05, 4.69) is 28.2 Å². The van der Waals surface area contributed by atoms with Gasteiger partial charge >= 0.3 is 5.97 Å². The van der Waals surface area contributed by atoms with Crippen LogP contribution in [0.3, 0.4) is 0 Å². The number of carboxylic acids is 1. The molecule has 1 amide bonds. The summed E-state index contributed by atoms with van der Waals surface area (Å²) in [6.07, 6.45) is 2.66. The van der Waals surface area contributed by atoms with E-state index in [9.17, 15) is 14.7 Å². The number of hydrogen-bond donors (Lipinski definition) is 2. The van der Waals surface area contributed by atoms with Gasteiger partial charge in [0.05, 0.1) is 0 Å². The zero-order valence-electron chi connectivity index (χ0n) is 10.6. The van der Waals surface area contributed by atoms with Crippen molar-refractivity contribution in [3.05, 3.63) is 20.8 Å². The molecule has 0 atom stereocenters. The van der Waals surface area contributed by atoms with E-state index in [4.69, 9.17) is 0 Å². The SMILES string of the molecule is CC1CCC(NC(=O)c2sccc2Br)(C(=O)O)CC1. The number of carbonyl (C=O) groups excluding carboxylic acids is 1. The van der Waals surface area contributed by atoms with Crippen LogP contribution in [0.15, 0.2) is 15.9 Å². The minimum atomic E-state index is -1.10. The Morgan fingerprint density at radius 1 is 1.47 bits per heavy atom. The number of amides is 1. The largest absolute Gasteiger partial charge is 0.480 e. The molecular formula is C13H16BrNO3S. The van der Waals surface area contributed by atoms with E-state index in [-0.39, 0.29) is 5.91 Å². The molecule has 0 saturated heterocycles. The molecule has 1 saturated carbocycles. The predicted octanol–water partition coefficient (Wildman–Crippen LogP) is 3.27. The van der Waals surface area contributed by atoms with Gasteiger partial charge in [-0.3, -0.25) is 4.79 Å². The first-order chi connectivity index (χ1) is 8.94. The summed E-state index contributed by atoms with van der Waals surface area (Å²) in [5, 5.41) is 14.0.